The Bertz CT molecular complexity index is 524. The van der Waals surface area contributed by atoms with Gasteiger partial charge in [-0.05, 0) is 26.7 Å². The summed E-state index contributed by atoms with van der Waals surface area (Å²) in [7, 11) is 0. The predicted molar refractivity (Wildman–Crippen MR) is 80.2 cm³/mol. The van der Waals surface area contributed by atoms with E-state index in [9.17, 15) is 14.9 Å². The van der Waals surface area contributed by atoms with Gasteiger partial charge in [-0.1, -0.05) is 13.8 Å². The minimum atomic E-state index is -0.580. The molecule has 2 N–H and O–H groups in total. The molecule has 1 atom stereocenters. The molecule has 1 amide bonds. The summed E-state index contributed by atoms with van der Waals surface area (Å²) in [6.07, 6.45) is 0. The van der Waals surface area contributed by atoms with Crippen molar-refractivity contribution in [3.63, 3.8) is 0 Å². The molecular weight excluding hydrogens is 274 g/mol. The average Bonchev–Trinajstić information content (AvgIpc) is 2.71. The van der Waals surface area contributed by atoms with E-state index in [0.29, 0.717) is 24.7 Å². The van der Waals surface area contributed by atoms with Crippen molar-refractivity contribution >= 4 is 17.4 Å². The molecule has 8 nitrogen and oxygen atoms in total. The monoisotopic (exact) mass is 297 g/mol. The number of nitrogens with zero attached hydrogens (tertiary/aromatic N) is 3. The molecule has 21 heavy (non-hydrogen) atoms. The Kier molecular flexibility index (Phi) is 5.69. The molecule has 1 rings (SSSR count). The zero-order valence-electron chi connectivity index (χ0n) is 13.1. The molecule has 0 radical (unpaired) electrons. The third-order valence-corrected chi connectivity index (χ3v) is 3.01. The van der Waals surface area contributed by atoms with Crippen LogP contribution in [0.3, 0.4) is 0 Å². The maximum absolute atomic E-state index is 12.0. The van der Waals surface area contributed by atoms with Gasteiger partial charge in [0.1, 0.15) is 11.7 Å². The van der Waals surface area contributed by atoms with E-state index in [2.05, 4.69) is 15.7 Å². The Balaban J connectivity index is 2.91. The van der Waals surface area contributed by atoms with Crippen molar-refractivity contribution in [1.82, 2.24) is 15.1 Å². The molecule has 1 unspecified atom stereocenters. The molecule has 0 aliphatic heterocycles. The highest BCUT2D eigenvalue weighted by Gasteiger charge is 2.27. The van der Waals surface area contributed by atoms with Crippen molar-refractivity contribution in [2.45, 2.75) is 47.2 Å². The standard InChI is InChI=1S/C13H23N5O3/c1-6-17-12(11(18(20)21)9(4)16-17)15-10(5)13(19)14-7-8(2)3/h8,10,15H,6-7H2,1-5H3,(H,14,19). The normalized spacial score (nSPS) is 12.3. The molecule has 1 aromatic heterocycles. The molecule has 118 valence electrons. The van der Waals surface area contributed by atoms with Gasteiger partial charge in [0.15, 0.2) is 0 Å². The lowest BCUT2D eigenvalue weighted by Gasteiger charge is -2.16. The van der Waals surface area contributed by atoms with Crippen LogP contribution in [0.15, 0.2) is 0 Å². The number of rotatable bonds is 7. The zero-order chi connectivity index (χ0) is 16.2. The van der Waals surface area contributed by atoms with Crippen molar-refractivity contribution in [1.29, 1.82) is 0 Å². The van der Waals surface area contributed by atoms with E-state index in [1.54, 1.807) is 13.8 Å². The average molecular weight is 297 g/mol. The fraction of sp³-hybridized carbons (Fsp3) is 0.692. The second-order valence-corrected chi connectivity index (χ2v) is 5.36. The lowest BCUT2D eigenvalue weighted by molar-refractivity contribution is -0.384. The van der Waals surface area contributed by atoms with Crippen molar-refractivity contribution in [2.24, 2.45) is 5.92 Å². The van der Waals surface area contributed by atoms with Gasteiger partial charge in [0, 0.05) is 13.1 Å². The van der Waals surface area contributed by atoms with Gasteiger partial charge in [0.2, 0.25) is 11.7 Å². The van der Waals surface area contributed by atoms with Crippen LogP contribution in [0.2, 0.25) is 0 Å². The highest BCUT2D eigenvalue weighted by molar-refractivity contribution is 5.84. The summed E-state index contributed by atoms with van der Waals surface area (Å²) in [5, 5.41) is 21.0. The van der Waals surface area contributed by atoms with Crippen LogP contribution in [0, 0.1) is 23.0 Å². The van der Waals surface area contributed by atoms with Gasteiger partial charge >= 0.3 is 5.69 Å². The minimum Gasteiger partial charge on any atom is -0.354 e. The summed E-state index contributed by atoms with van der Waals surface area (Å²) in [6, 6.07) is -0.580. The van der Waals surface area contributed by atoms with Crippen molar-refractivity contribution in [2.75, 3.05) is 11.9 Å². The second kappa shape index (κ2) is 7.05. The molecule has 0 spiro atoms. The first kappa shape index (κ1) is 16.9. The van der Waals surface area contributed by atoms with Crippen molar-refractivity contribution in [3.05, 3.63) is 15.8 Å². The Labute approximate surface area is 124 Å². The molecule has 0 bridgehead atoms. The highest BCUT2D eigenvalue weighted by atomic mass is 16.6. The summed E-state index contributed by atoms with van der Waals surface area (Å²) in [5.74, 6) is 0.422. The smallest absolute Gasteiger partial charge is 0.333 e. The Morgan fingerprint density at radius 1 is 1.43 bits per heavy atom. The van der Waals surface area contributed by atoms with Crippen LogP contribution in [0.25, 0.3) is 0 Å². The lowest BCUT2D eigenvalue weighted by Crippen LogP contribution is -2.39. The van der Waals surface area contributed by atoms with E-state index in [4.69, 9.17) is 0 Å². The topological polar surface area (TPSA) is 102 Å². The first-order chi connectivity index (χ1) is 9.77. The van der Waals surface area contributed by atoms with Gasteiger partial charge in [-0.25, -0.2) is 4.68 Å². The molecule has 8 heteroatoms. The number of carbonyl (C=O) groups is 1. The van der Waals surface area contributed by atoms with Gasteiger partial charge in [-0.2, -0.15) is 5.10 Å². The van der Waals surface area contributed by atoms with Crippen LogP contribution < -0.4 is 10.6 Å². The first-order valence-corrected chi connectivity index (χ1v) is 7.03. The molecule has 0 saturated carbocycles. The summed E-state index contributed by atoms with van der Waals surface area (Å²) >= 11 is 0. The van der Waals surface area contributed by atoms with Crippen LogP contribution in [0.5, 0.6) is 0 Å². The van der Waals surface area contributed by atoms with Crippen LogP contribution in [-0.2, 0) is 11.3 Å². The molecule has 1 aromatic rings. The van der Waals surface area contributed by atoms with Gasteiger partial charge in [-0.15, -0.1) is 0 Å². The minimum absolute atomic E-state index is 0.0830. The third kappa shape index (κ3) is 4.17. The van der Waals surface area contributed by atoms with Crippen molar-refractivity contribution < 1.29 is 9.72 Å². The van der Waals surface area contributed by atoms with E-state index in [1.165, 1.54) is 4.68 Å². The van der Waals surface area contributed by atoms with Crippen molar-refractivity contribution in [3.8, 4) is 0 Å². The third-order valence-electron chi connectivity index (χ3n) is 3.01. The number of aryl methyl sites for hydroxylation is 2. The Morgan fingerprint density at radius 3 is 2.52 bits per heavy atom. The van der Waals surface area contributed by atoms with E-state index >= 15 is 0 Å². The quantitative estimate of drug-likeness (QED) is 0.589. The Morgan fingerprint density at radius 2 is 2.05 bits per heavy atom. The number of aromatic nitrogens is 2. The van der Waals surface area contributed by atoms with E-state index in [1.807, 2.05) is 20.8 Å². The van der Waals surface area contributed by atoms with Crippen LogP contribution in [0.1, 0.15) is 33.4 Å². The second-order valence-electron chi connectivity index (χ2n) is 5.36. The summed E-state index contributed by atoms with van der Waals surface area (Å²) in [5.41, 5.74) is 0.250. The number of hydrogen-bond acceptors (Lipinski definition) is 5. The SMILES string of the molecule is CCn1nc(C)c([N+](=O)[O-])c1NC(C)C(=O)NCC(C)C. The van der Waals surface area contributed by atoms with Gasteiger partial charge in [0.05, 0.1) is 4.92 Å². The highest BCUT2D eigenvalue weighted by Crippen LogP contribution is 2.28. The maximum atomic E-state index is 12.0. The number of nitro groups is 1. The van der Waals surface area contributed by atoms with Crippen LogP contribution in [0.4, 0.5) is 11.5 Å². The number of amides is 1. The number of hydrogen-bond donors (Lipinski definition) is 2. The van der Waals surface area contributed by atoms with Gasteiger partial charge < -0.3 is 10.6 Å². The molecule has 0 fully saturated rings. The molecule has 0 saturated heterocycles. The maximum Gasteiger partial charge on any atom is 0.333 e. The molecular formula is C13H23N5O3. The van der Waals surface area contributed by atoms with Gasteiger partial charge in [0.25, 0.3) is 0 Å². The molecule has 0 aromatic carbocycles. The fourth-order valence-corrected chi connectivity index (χ4v) is 1.89. The van der Waals surface area contributed by atoms with Crippen LogP contribution >= 0.6 is 0 Å². The van der Waals surface area contributed by atoms with E-state index in [0.717, 1.165) is 0 Å². The Hall–Kier alpha value is -2.12. The summed E-state index contributed by atoms with van der Waals surface area (Å²) in [6.45, 7) is 10.1. The molecule has 0 aliphatic rings. The summed E-state index contributed by atoms with van der Waals surface area (Å²) < 4.78 is 1.50. The first-order valence-electron chi connectivity index (χ1n) is 7.03. The molecule has 0 aliphatic carbocycles. The number of carbonyl (C=O) groups excluding carboxylic acids is 1. The number of nitrogens with one attached hydrogen (secondary N) is 2. The van der Waals surface area contributed by atoms with Gasteiger partial charge in [-0.3, -0.25) is 14.9 Å². The van der Waals surface area contributed by atoms with E-state index in [-0.39, 0.29) is 17.4 Å². The lowest BCUT2D eigenvalue weighted by atomic mass is 10.2. The fourth-order valence-electron chi connectivity index (χ4n) is 1.89. The summed E-state index contributed by atoms with van der Waals surface area (Å²) in [4.78, 5) is 22.6. The molecule has 1 heterocycles. The van der Waals surface area contributed by atoms with E-state index < -0.39 is 11.0 Å². The zero-order valence-corrected chi connectivity index (χ0v) is 13.1. The largest absolute Gasteiger partial charge is 0.354 e. The van der Waals surface area contributed by atoms with Crippen LogP contribution in [-0.4, -0.2) is 33.2 Å². The number of anilines is 1. The predicted octanol–water partition coefficient (Wildman–Crippen LogP) is 1.69.